The standard InChI is InChI=1S/C13H17NO3/c1-9-3-5-11(6-4-9)7-12(8-13(16)17)14-10(2)15/h3-6,12H,7-8H2,1-2H3,(H,14,15)(H,16,17)/t12-/m1/s1. The number of carbonyl (C=O) groups is 2. The lowest BCUT2D eigenvalue weighted by Gasteiger charge is -2.15. The number of hydrogen-bond donors (Lipinski definition) is 2. The van der Waals surface area contributed by atoms with Crippen LogP contribution in [0.5, 0.6) is 0 Å². The van der Waals surface area contributed by atoms with E-state index in [4.69, 9.17) is 5.11 Å². The number of rotatable bonds is 5. The third-order valence-electron chi connectivity index (χ3n) is 2.43. The zero-order chi connectivity index (χ0) is 12.8. The van der Waals surface area contributed by atoms with E-state index in [0.717, 1.165) is 11.1 Å². The van der Waals surface area contributed by atoms with Gasteiger partial charge in [0.05, 0.1) is 6.42 Å². The molecule has 0 saturated carbocycles. The van der Waals surface area contributed by atoms with Gasteiger partial charge in [0.2, 0.25) is 5.91 Å². The predicted octanol–water partition coefficient (Wildman–Crippen LogP) is 1.52. The minimum Gasteiger partial charge on any atom is -0.481 e. The average Bonchev–Trinajstić information content (AvgIpc) is 2.19. The van der Waals surface area contributed by atoms with Crippen molar-refractivity contribution in [2.45, 2.75) is 32.7 Å². The van der Waals surface area contributed by atoms with Gasteiger partial charge in [0, 0.05) is 13.0 Å². The molecule has 92 valence electrons. The van der Waals surface area contributed by atoms with Crippen molar-refractivity contribution < 1.29 is 14.7 Å². The third-order valence-corrected chi connectivity index (χ3v) is 2.43. The van der Waals surface area contributed by atoms with Gasteiger partial charge in [-0.2, -0.15) is 0 Å². The van der Waals surface area contributed by atoms with Crippen LogP contribution in [0.25, 0.3) is 0 Å². The predicted molar refractivity (Wildman–Crippen MR) is 64.7 cm³/mol. The van der Waals surface area contributed by atoms with Crippen molar-refractivity contribution in [1.82, 2.24) is 5.32 Å². The summed E-state index contributed by atoms with van der Waals surface area (Å²) in [6, 6.07) is 7.49. The third kappa shape index (κ3) is 5.15. The number of carboxylic acids is 1. The van der Waals surface area contributed by atoms with E-state index in [9.17, 15) is 9.59 Å². The maximum atomic E-state index is 11.0. The molecule has 0 fully saturated rings. The van der Waals surface area contributed by atoms with Gasteiger partial charge >= 0.3 is 5.97 Å². The molecule has 0 saturated heterocycles. The topological polar surface area (TPSA) is 66.4 Å². The number of aryl methyl sites for hydroxylation is 1. The molecule has 4 nitrogen and oxygen atoms in total. The van der Waals surface area contributed by atoms with Crippen LogP contribution in [-0.4, -0.2) is 23.0 Å². The molecule has 0 heterocycles. The molecule has 1 atom stereocenters. The van der Waals surface area contributed by atoms with Gasteiger partial charge in [-0.05, 0) is 18.9 Å². The fourth-order valence-electron chi connectivity index (χ4n) is 1.68. The molecule has 1 rings (SSSR count). The van der Waals surface area contributed by atoms with Gasteiger partial charge in [-0.1, -0.05) is 29.8 Å². The van der Waals surface area contributed by atoms with Gasteiger partial charge in [-0.25, -0.2) is 0 Å². The summed E-state index contributed by atoms with van der Waals surface area (Å²) in [6.07, 6.45) is 0.472. The second kappa shape index (κ2) is 6.03. The van der Waals surface area contributed by atoms with E-state index in [2.05, 4.69) is 5.32 Å². The highest BCUT2D eigenvalue weighted by Crippen LogP contribution is 2.08. The van der Waals surface area contributed by atoms with Crippen LogP contribution in [0.4, 0.5) is 0 Å². The van der Waals surface area contributed by atoms with Crippen LogP contribution in [0.3, 0.4) is 0 Å². The Morgan fingerprint density at radius 2 is 1.88 bits per heavy atom. The number of amides is 1. The normalized spacial score (nSPS) is 11.9. The summed E-state index contributed by atoms with van der Waals surface area (Å²) in [5.41, 5.74) is 2.18. The Balaban J connectivity index is 2.67. The van der Waals surface area contributed by atoms with Gasteiger partial charge in [0.25, 0.3) is 0 Å². The first-order valence-corrected chi connectivity index (χ1v) is 5.52. The number of benzene rings is 1. The van der Waals surface area contributed by atoms with Gasteiger partial charge in [-0.3, -0.25) is 9.59 Å². The molecule has 4 heteroatoms. The summed E-state index contributed by atoms with van der Waals surface area (Å²) in [5.74, 6) is -1.11. The minimum atomic E-state index is -0.907. The van der Waals surface area contributed by atoms with Crippen molar-refractivity contribution in [3.8, 4) is 0 Å². The molecule has 0 spiro atoms. The van der Waals surface area contributed by atoms with Crippen LogP contribution < -0.4 is 5.32 Å². The van der Waals surface area contributed by atoms with Crippen molar-refractivity contribution in [3.05, 3.63) is 35.4 Å². The van der Waals surface area contributed by atoms with Crippen LogP contribution in [0.1, 0.15) is 24.5 Å². The molecular formula is C13H17NO3. The number of nitrogens with one attached hydrogen (secondary N) is 1. The van der Waals surface area contributed by atoms with Gasteiger partial charge < -0.3 is 10.4 Å². The number of carboxylic acid groups (broad SMARTS) is 1. The lowest BCUT2D eigenvalue weighted by atomic mass is 10.0. The maximum Gasteiger partial charge on any atom is 0.305 e. The Kier molecular flexibility index (Phi) is 4.69. The Hall–Kier alpha value is -1.84. The van der Waals surface area contributed by atoms with E-state index < -0.39 is 5.97 Å². The van der Waals surface area contributed by atoms with Crippen LogP contribution >= 0.6 is 0 Å². The largest absolute Gasteiger partial charge is 0.481 e. The summed E-state index contributed by atoms with van der Waals surface area (Å²) in [5, 5.41) is 11.4. The highest BCUT2D eigenvalue weighted by Gasteiger charge is 2.14. The molecule has 1 amide bonds. The Labute approximate surface area is 101 Å². The molecule has 17 heavy (non-hydrogen) atoms. The van der Waals surface area contributed by atoms with E-state index in [0.29, 0.717) is 6.42 Å². The zero-order valence-electron chi connectivity index (χ0n) is 10.1. The van der Waals surface area contributed by atoms with E-state index in [1.807, 2.05) is 31.2 Å². The van der Waals surface area contributed by atoms with Gasteiger partial charge in [0.15, 0.2) is 0 Å². The first-order valence-electron chi connectivity index (χ1n) is 5.52. The van der Waals surface area contributed by atoms with E-state index in [1.165, 1.54) is 6.92 Å². The van der Waals surface area contributed by atoms with Crippen LogP contribution in [0.15, 0.2) is 24.3 Å². The average molecular weight is 235 g/mol. The highest BCUT2D eigenvalue weighted by atomic mass is 16.4. The first-order chi connectivity index (χ1) is 7.97. The summed E-state index contributed by atoms with van der Waals surface area (Å²) in [7, 11) is 0. The number of carbonyl (C=O) groups excluding carboxylic acids is 1. The minimum absolute atomic E-state index is 0.0620. The van der Waals surface area contributed by atoms with E-state index in [1.54, 1.807) is 0 Å². The zero-order valence-corrected chi connectivity index (χ0v) is 10.1. The maximum absolute atomic E-state index is 11.0. The van der Waals surface area contributed by atoms with E-state index in [-0.39, 0.29) is 18.4 Å². The van der Waals surface area contributed by atoms with Gasteiger partial charge in [-0.15, -0.1) is 0 Å². The summed E-state index contributed by atoms with van der Waals surface area (Å²) >= 11 is 0. The highest BCUT2D eigenvalue weighted by molar-refractivity contribution is 5.75. The Morgan fingerprint density at radius 3 is 2.35 bits per heavy atom. The van der Waals surface area contributed by atoms with Crippen LogP contribution in [0, 0.1) is 6.92 Å². The van der Waals surface area contributed by atoms with Crippen molar-refractivity contribution in [1.29, 1.82) is 0 Å². The first kappa shape index (κ1) is 13.2. The van der Waals surface area contributed by atoms with Crippen molar-refractivity contribution >= 4 is 11.9 Å². The van der Waals surface area contributed by atoms with Crippen molar-refractivity contribution in [2.24, 2.45) is 0 Å². The quantitative estimate of drug-likeness (QED) is 0.813. The molecule has 0 radical (unpaired) electrons. The second-order valence-electron chi connectivity index (χ2n) is 4.19. The number of hydrogen-bond acceptors (Lipinski definition) is 2. The summed E-state index contributed by atoms with van der Waals surface area (Å²) in [4.78, 5) is 21.7. The van der Waals surface area contributed by atoms with Crippen LogP contribution in [0.2, 0.25) is 0 Å². The SMILES string of the molecule is CC(=O)N[C@@H](CC(=O)O)Cc1ccc(C)cc1. The summed E-state index contributed by atoms with van der Waals surface area (Å²) < 4.78 is 0. The molecule has 0 aliphatic carbocycles. The molecule has 2 N–H and O–H groups in total. The number of aliphatic carboxylic acids is 1. The molecule has 1 aromatic rings. The molecule has 0 aliphatic heterocycles. The van der Waals surface area contributed by atoms with Gasteiger partial charge in [0.1, 0.15) is 0 Å². The molecule has 1 aromatic carbocycles. The monoisotopic (exact) mass is 235 g/mol. The molecule has 0 bridgehead atoms. The van der Waals surface area contributed by atoms with E-state index >= 15 is 0 Å². The molecule has 0 aliphatic rings. The molecule has 0 unspecified atom stereocenters. The lowest BCUT2D eigenvalue weighted by Crippen LogP contribution is -2.36. The summed E-state index contributed by atoms with van der Waals surface area (Å²) in [6.45, 7) is 3.39. The fourth-order valence-corrected chi connectivity index (χ4v) is 1.68. The second-order valence-corrected chi connectivity index (χ2v) is 4.19. The smallest absolute Gasteiger partial charge is 0.305 e. The molecular weight excluding hydrogens is 218 g/mol. The fraction of sp³-hybridized carbons (Fsp3) is 0.385. The lowest BCUT2D eigenvalue weighted by molar-refractivity contribution is -0.137. The van der Waals surface area contributed by atoms with Crippen molar-refractivity contribution in [3.63, 3.8) is 0 Å². The molecule has 0 aromatic heterocycles. The van der Waals surface area contributed by atoms with Crippen LogP contribution in [-0.2, 0) is 16.0 Å². The Morgan fingerprint density at radius 1 is 1.29 bits per heavy atom. The Bertz CT molecular complexity index is 382. The van der Waals surface area contributed by atoms with Crippen molar-refractivity contribution in [2.75, 3.05) is 0 Å².